The SMILES string of the molecule is CC.CCc1cnc(N2CCC(C(C)OC3CNC3)CC2)nc1. The van der Waals surface area contributed by atoms with Crippen molar-refractivity contribution in [3.05, 3.63) is 18.0 Å². The predicted molar refractivity (Wildman–Crippen MR) is 94.9 cm³/mol. The number of aromatic nitrogens is 2. The Kier molecular flexibility index (Phi) is 7.24. The summed E-state index contributed by atoms with van der Waals surface area (Å²) in [7, 11) is 0. The normalized spacial score (nSPS) is 20.4. The van der Waals surface area contributed by atoms with E-state index in [1.54, 1.807) is 0 Å². The molecule has 0 bridgehead atoms. The first-order valence-corrected chi connectivity index (χ1v) is 9.18. The van der Waals surface area contributed by atoms with Gasteiger partial charge in [0.25, 0.3) is 0 Å². The summed E-state index contributed by atoms with van der Waals surface area (Å²) >= 11 is 0. The van der Waals surface area contributed by atoms with Crippen LogP contribution in [0.25, 0.3) is 0 Å². The number of rotatable bonds is 5. The van der Waals surface area contributed by atoms with Gasteiger partial charge in [0.15, 0.2) is 0 Å². The largest absolute Gasteiger partial charge is 0.372 e. The maximum Gasteiger partial charge on any atom is 0.225 e. The summed E-state index contributed by atoms with van der Waals surface area (Å²) < 4.78 is 6.08. The van der Waals surface area contributed by atoms with Crippen molar-refractivity contribution in [3.63, 3.8) is 0 Å². The van der Waals surface area contributed by atoms with E-state index in [1.165, 1.54) is 18.4 Å². The van der Waals surface area contributed by atoms with Crippen molar-refractivity contribution in [1.82, 2.24) is 15.3 Å². The third kappa shape index (κ3) is 4.88. The number of ether oxygens (including phenoxy) is 1. The summed E-state index contributed by atoms with van der Waals surface area (Å²) in [6.07, 6.45) is 8.02. The lowest BCUT2D eigenvalue weighted by molar-refractivity contribution is -0.0587. The van der Waals surface area contributed by atoms with Crippen LogP contribution in [0.3, 0.4) is 0 Å². The van der Waals surface area contributed by atoms with Crippen molar-refractivity contribution >= 4 is 5.95 Å². The molecule has 0 saturated carbocycles. The Balaban J connectivity index is 0.000000924. The lowest BCUT2D eigenvalue weighted by Crippen LogP contribution is -2.51. The van der Waals surface area contributed by atoms with Gasteiger partial charge in [0.2, 0.25) is 5.95 Å². The van der Waals surface area contributed by atoms with Gasteiger partial charge in [-0.25, -0.2) is 9.97 Å². The van der Waals surface area contributed by atoms with E-state index >= 15 is 0 Å². The van der Waals surface area contributed by atoms with E-state index in [-0.39, 0.29) is 0 Å². The third-order valence-corrected chi connectivity index (χ3v) is 4.74. The quantitative estimate of drug-likeness (QED) is 0.904. The van der Waals surface area contributed by atoms with Crippen LogP contribution in [-0.2, 0) is 11.2 Å². The summed E-state index contributed by atoms with van der Waals surface area (Å²) in [5.41, 5.74) is 1.20. The van der Waals surface area contributed by atoms with Gasteiger partial charge >= 0.3 is 0 Å². The summed E-state index contributed by atoms with van der Waals surface area (Å²) in [5.74, 6) is 1.54. The van der Waals surface area contributed by atoms with E-state index in [0.29, 0.717) is 18.1 Å². The molecule has 0 aliphatic carbocycles. The van der Waals surface area contributed by atoms with Gasteiger partial charge in [0.1, 0.15) is 0 Å². The molecular weight excluding hydrogens is 288 g/mol. The molecular formula is C18H32N4O. The van der Waals surface area contributed by atoms with E-state index in [0.717, 1.165) is 38.5 Å². The number of nitrogens with zero attached hydrogens (tertiary/aromatic N) is 3. The average molecular weight is 320 g/mol. The number of aryl methyl sites for hydroxylation is 1. The first kappa shape index (κ1) is 18.1. The second-order valence-corrected chi connectivity index (χ2v) is 6.19. The predicted octanol–water partition coefficient (Wildman–Crippen LogP) is 2.66. The molecule has 1 aromatic heterocycles. The van der Waals surface area contributed by atoms with Crippen LogP contribution in [0.5, 0.6) is 0 Å². The van der Waals surface area contributed by atoms with Crippen LogP contribution in [0.4, 0.5) is 5.95 Å². The van der Waals surface area contributed by atoms with Crippen molar-refractivity contribution < 1.29 is 4.74 Å². The van der Waals surface area contributed by atoms with E-state index in [1.807, 2.05) is 26.2 Å². The molecule has 0 spiro atoms. The molecule has 2 aliphatic rings. The molecule has 5 nitrogen and oxygen atoms in total. The number of piperidine rings is 1. The zero-order valence-corrected chi connectivity index (χ0v) is 15.1. The molecule has 1 N–H and O–H groups in total. The number of hydrogen-bond acceptors (Lipinski definition) is 5. The van der Waals surface area contributed by atoms with Crippen molar-refractivity contribution in [2.45, 2.75) is 59.2 Å². The van der Waals surface area contributed by atoms with E-state index in [4.69, 9.17) is 4.74 Å². The highest BCUT2D eigenvalue weighted by atomic mass is 16.5. The number of anilines is 1. The Morgan fingerprint density at radius 2 is 1.83 bits per heavy atom. The minimum atomic E-state index is 0.364. The summed E-state index contributed by atoms with van der Waals surface area (Å²) in [6, 6.07) is 0. The maximum atomic E-state index is 6.08. The molecule has 0 radical (unpaired) electrons. The highest BCUT2D eigenvalue weighted by Gasteiger charge is 2.28. The Hall–Kier alpha value is -1.20. The summed E-state index contributed by atoms with van der Waals surface area (Å²) in [6.45, 7) is 12.5. The smallest absolute Gasteiger partial charge is 0.225 e. The van der Waals surface area contributed by atoms with E-state index in [2.05, 4.69) is 34.0 Å². The molecule has 130 valence electrons. The molecule has 1 aromatic rings. The summed E-state index contributed by atoms with van der Waals surface area (Å²) in [4.78, 5) is 11.3. The second kappa shape index (κ2) is 9.18. The first-order valence-electron chi connectivity index (χ1n) is 9.18. The topological polar surface area (TPSA) is 50.3 Å². The lowest BCUT2D eigenvalue weighted by atomic mass is 9.92. The molecule has 3 rings (SSSR count). The third-order valence-electron chi connectivity index (χ3n) is 4.74. The van der Waals surface area contributed by atoms with Gasteiger partial charge in [0, 0.05) is 38.6 Å². The average Bonchev–Trinajstić information content (AvgIpc) is 2.60. The van der Waals surface area contributed by atoms with Crippen LogP contribution in [0.1, 0.15) is 46.1 Å². The van der Waals surface area contributed by atoms with Crippen LogP contribution in [-0.4, -0.2) is 48.4 Å². The van der Waals surface area contributed by atoms with Gasteiger partial charge in [0.05, 0.1) is 12.2 Å². The van der Waals surface area contributed by atoms with Gasteiger partial charge in [-0.2, -0.15) is 0 Å². The van der Waals surface area contributed by atoms with Gasteiger partial charge in [-0.05, 0) is 37.7 Å². The molecule has 2 aliphatic heterocycles. The van der Waals surface area contributed by atoms with E-state index < -0.39 is 0 Å². The molecule has 0 aromatic carbocycles. The van der Waals surface area contributed by atoms with Gasteiger partial charge < -0.3 is 15.0 Å². The fraction of sp³-hybridized carbons (Fsp3) is 0.778. The second-order valence-electron chi connectivity index (χ2n) is 6.19. The van der Waals surface area contributed by atoms with Crippen LogP contribution in [0.2, 0.25) is 0 Å². The maximum absolute atomic E-state index is 6.08. The Bertz CT molecular complexity index is 439. The molecule has 5 heteroatoms. The fourth-order valence-electron chi connectivity index (χ4n) is 3.04. The van der Waals surface area contributed by atoms with Crippen LogP contribution < -0.4 is 10.2 Å². The molecule has 1 unspecified atom stereocenters. The molecule has 0 amide bonds. The Labute approximate surface area is 140 Å². The standard InChI is InChI=1S/C16H26N4O.C2H6/c1-3-13-8-18-16(19-9-13)20-6-4-14(5-7-20)12(2)21-15-10-17-11-15;1-2/h8-9,12,14-15,17H,3-7,10-11H2,1-2H3;1-2H3. The van der Waals surface area contributed by atoms with E-state index in [9.17, 15) is 0 Å². The van der Waals surface area contributed by atoms with Gasteiger partial charge in [-0.1, -0.05) is 20.8 Å². The molecule has 3 heterocycles. The fourth-order valence-corrected chi connectivity index (χ4v) is 3.04. The minimum Gasteiger partial charge on any atom is -0.372 e. The molecule has 2 fully saturated rings. The van der Waals surface area contributed by atoms with Gasteiger partial charge in [-0.3, -0.25) is 0 Å². The summed E-state index contributed by atoms with van der Waals surface area (Å²) in [5, 5.41) is 3.26. The number of hydrogen-bond donors (Lipinski definition) is 1. The zero-order valence-electron chi connectivity index (χ0n) is 15.1. The number of nitrogens with one attached hydrogen (secondary N) is 1. The van der Waals surface area contributed by atoms with Crippen molar-refractivity contribution in [2.24, 2.45) is 5.92 Å². The molecule has 1 atom stereocenters. The van der Waals surface area contributed by atoms with Crippen LogP contribution >= 0.6 is 0 Å². The van der Waals surface area contributed by atoms with Crippen LogP contribution in [0, 0.1) is 5.92 Å². The van der Waals surface area contributed by atoms with Gasteiger partial charge in [-0.15, -0.1) is 0 Å². The van der Waals surface area contributed by atoms with Crippen molar-refractivity contribution in [2.75, 3.05) is 31.1 Å². The molecule has 23 heavy (non-hydrogen) atoms. The highest BCUT2D eigenvalue weighted by Crippen LogP contribution is 2.25. The molecule has 2 saturated heterocycles. The Morgan fingerprint density at radius 3 is 2.30 bits per heavy atom. The van der Waals surface area contributed by atoms with Crippen molar-refractivity contribution in [3.8, 4) is 0 Å². The van der Waals surface area contributed by atoms with Crippen molar-refractivity contribution in [1.29, 1.82) is 0 Å². The highest BCUT2D eigenvalue weighted by molar-refractivity contribution is 5.30. The van der Waals surface area contributed by atoms with Crippen LogP contribution in [0.15, 0.2) is 12.4 Å². The minimum absolute atomic E-state index is 0.364. The lowest BCUT2D eigenvalue weighted by Gasteiger charge is -2.38. The first-order chi connectivity index (χ1) is 11.3. The monoisotopic (exact) mass is 320 g/mol. The Morgan fingerprint density at radius 1 is 1.22 bits per heavy atom. The zero-order chi connectivity index (χ0) is 16.7.